The zero-order valence-corrected chi connectivity index (χ0v) is 15.4. The van der Waals surface area contributed by atoms with Crippen LogP contribution in [-0.2, 0) is 15.8 Å². The highest BCUT2D eigenvalue weighted by atomic mass is 19.4. The van der Waals surface area contributed by atoms with Crippen molar-refractivity contribution in [2.24, 2.45) is 0 Å². The summed E-state index contributed by atoms with van der Waals surface area (Å²) in [5, 5.41) is 3.03. The fraction of sp³-hybridized carbons (Fsp3) is 0.286. The molecule has 0 bridgehead atoms. The van der Waals surface area contributed by atoms with E-state index in [2.05, 4.69) is 10.3 Å². The number of benzene rings is 1. The number of carbonyl (C=O) groups is 2. The molecule has 28 heavy (non-hydrogen) atoms. The molecule has 1 aliphatic carbocycles. The first-order valence-corrected chi connectivity index (χ1v) is 8.83. The highest BCUT2D eigenvalue weighted by Crippen LogP contribution is 2.32. The number of pyridine rings is 1. The lowest BCUT2D eigenvalue weighted by Crippen LogP contribution is -2.30. The van der Waals surface area contributed by atoms with E-state index in [1.165, 1.54) is 6.07 Å². The maximum absolute atomic E-state index is 13.0. The zero-order valence-electron chi connectivity index (χ0n) is 15.4. The van der Waals surface area contributed by atoms with Gasteiger partial charge in [0.15, 0.2) is 11.6 Å². The van der Waals surface area contributed by atoms with Gasteiger partial charge in [0.05, 0.1) is 17.3 Å². The third-order valence-corrected chi connectivity index (χ3v) is 4.88. The molecule has 1 aromatic carbocycles. The lowest BCUT2D eigenvalue weighted by molar-refractivity contribution is -0.137. The van der Waals surface area contributed by atoms with Crippen molar-refractivity contribution in [3.8, 4) is 11.3 Å². The van der Waals surface area contributed by atoms with Crippen molar-refractivity contribution in [1.82, 2.24) is 4.98 Å². The Bertz CT molecular complexity index is 964. The van der Waals surface area contributed by atoms with E-state index in [1.54, 1.807) is 38.1 Å². The van der Waals surface area contributed by atoms with E-state index < -0.39 is 17.8 Å². The van der Waals surface area contributed by atoms with E-state index >= 15 is 0 Å². The number of hydrogen-bond donors (Lipinski definition) is 1. The number of Topliss-reactive ketones (excluding diaryl/α,β-unsaturated/α-hetero) is 2. The second-order valence-corrected chi connectivity index (χ2v) is 6.76. The smallest absolute Gasteiger partial charge is 0.360 e. The van der Waals surface area contributed by atoms with Crippen LogP contribution in [0.5, 0.6) is 0 Å². The molecule has 1 atom stereocenters. The first-order valence-electron chi connectivity index (χ1n) is 8.83. The largest absolute Gasteiger partial charge is 0.416 e. The molecule has 0 amide bonds. The molecule has 1 unspecified atom stereocenters. The van der Waals surface area contributed by atoms with Crippen molar-refractivity contribution < 1.29 is 22.8 Å². The number of nitrogens with zero attached hydrogens (tertiary/aromatic N) is 1. The monoisotopic (exact) mass is 388 g/mol. The number of allylic oxidation sites excluding steroid dienone is 1. The lowest BCUT2D eigenvalue weighted by atomic mass is 10.0. The van der Waals surface area contributed by atoms with Gasteiger partial charge in [-0.2, -0.15) is 13.2 Å². The van der Waals surface area contributed by atoms with E-state index in [1.807, 2.05) is 0 Å². The number of hydrogen-bond acceptors (Lipinski definition) is 4. The normalized spacial score (nSPS) is 18.2. The van der Waals surface area contributed by atoms with Crippen LogP contribution in [0.3, 0.4) is 0 Å². The molecule has 1 N–H and O–H groups in total. The number of carbonyl (C=O) groups excluding carboxylic acids is 2. The fourth-order valence-corrected chi connectivity index (χ4v) is 3.10. The van der Waals surface area contributed by atoms with Crippen molar-refractivity contribution in [3.05, 3.63) is 59.2 Å². The van der Waals surface area contributed by atoms with Crippen molar-refractivity contribution in [3.63, 3.8) is 0 Å². The molecule has 0 fully saturated rings. The molecule has 7 heteroatoms. The Balaban J connectivity index is 1.87. The average molecular weight is 388 g/mol. The standard InChI is InChI=1S/C21H19F3N2O2/c1-12-13(2)20(28)17(9-10-18(12)27)26-19-8-4-7-16(25-19)14-5-3-6-15(11-14)21(22,23)24/h3-8,11,17H,9-10H2,1-2H3,(H,25,26). The summed E-state index contributed by atoms with van der Waals surface area (Å²) in [6.45, 7) is 3.27. The Labute approximate surface area is 160 Å². The van der Waals surface area contributed by atoms with Gasteiger partial charge < -0.3 is 5.32 Å². The van der Waals surface area contributed by atoms with Crippen LogP contribution in [0, 0.1) is 0 Å². The van der Waals surface area contributed by atoms with E-state index in [0.29, 0.717) is 34.6 Å². The predicted molar refractivity (Wildman–Crippen MR) is 99.7 cm³/mol. The topological polar surface area (TPSA) is 59.1 Å². The van der Waals surface area contributed by atoms with Crippen LogP contribution in [0.2, 0.25) is 0 Å². The van der Waals surface area contributed by atoms with E-state index in [9.17, 15) is 22.8 Å². The second kappa shape index (κ2) is 7.58. The third kappa shape index (κ3) is 4.13. The number of aromatic nitrogens is 1. The van der Waals surface area contributed by atoms with Gasteiger partial charge in [0.25, 0.3) is 0 Å². The summed E-state index contributed by atoms with van der Waals surface area (Å²) in [6.07, 6.45) is -3.85. The number of alkyl halides is 3. The summed E-state index contributed by atoms with van der Waals surface area (Å²) in [7, 11) is 0. The maximum Gasteiger partial charge on any atom is 0.416 e. The van der Waals surface area contributed by atoms with Gasteiger partial charge in [-0.15, -0.1) is 0 Å². The van der Waals surface area contributed by atoms with Crippen molar-refractivity contribution in [1.29, 1.82) is 0 Å². The molecule has 146 valence electrons. The van der Waals surface area contributed by atoms with Crippen LogP contribution in [0.4, 0.5) is 19.0 Å². The molecule has 3 rings (SSSR count). The summed E-state index contributed by atoms with van der Waals surface area (Å²) < 4.78 is 38.9. The summed E-state index contributed by atoms with van der Waals surface area (Å²) >= 11 is 0. The Kier molecular flexibility index (Phi) is 5.36. The molecule has 0 spiro atoms. The van der Waals surface area contributed by atoms with E-state index in [4.69, 9.17) is 0 Å². The van der Waals surface area contributed by atoms with Crippen molar-refractivity contribution in [2.75, 3.05) is 5.32 Å². The molecule has 2 aromatic rings. The summed E-state index contributed by atoms with van der Waals surface area (Å²) in [4.78, 5) is 28.9. The lowest BCUT2D eigenvalue weighted by Gasteiger charge is -2.17. The number of halogens is 3. The van der Waals surface area contributed by atoms with Crippen molar-refractivity contribution in [2.45, 2.75) is 38.9 Å². The van der Waals surface area contributed by atoms with Gasteiger partial charge in [-0.05, 0) is 50.1 Å². The number of anilines is 1. The van der Waals surface area contributed by atoms with Crippen LogP contribution < -0.4 is 5.32 Å². The van der Waals surface area contributed by atoms with Gasteiger partial charge in [0.1, 0.15) is 5.82 Å². The molecule has 0 aliphatic heterocycles. The molecule has 0 radical (unpaired) electrons. The second-order valence-electron chi connectivity index (χ2n) is 6.76. The average Bonchev–Trinajstić information content (AvgIpc) is 2.76. The van der Waals surface area contributed by atoms with E-state index in [-0.39, 0.29) is 18.0 Å². The number of ketones is 2. The van der Waals surface area contributed by atoms with Gasteiger partial charge >= 0.3 is 6.18 Å². The predicted octanol–water partition coefficient (Wildman–Crippen LogP) is 4.82. The Hall–Kier alpha value is -2.96. The van der Waals surface area contributed by atoms with Gasteiger partial charge in [0, 0.05) is 17.6 Å². The highest BCUT2D eigenvalue weighted by Gasteiger charge is 2.31. The molecule has 1 aromatic heterocycles. The van der Waals surface area contributed by atoms with E-state index in [0.717, 1.165) is 12.1 Å². The van der Waals surface area contributed by atoms with Gasteiger partial charge in [0.2, 0.25) is 0 Å². The molecule has 4 nitrogen and oxygen atoms in total. The first-order chi connectivity index (χ1) is 13.2. The zero-order chi connectivity index (χ0) is 20.5. The van der Waals surface area contributed by atoms with Crippen molar-refractivity contribution >= 4 is 17.4 Å². The summed E-state index contributed by atoms with van der Waals surface area (Å²) in [6, 6.07) is 9.22. The van der Waals surface area contributed by atoms with Gasteiger partial charge in [-0.1, -0.05) is 18.2 Å². The quantitative estimate of drug-likeness (QED) is 0.819. The van der Waals surface area contributed by atoms with Crippen LogP contribution in [0.25, 0.3) is 11.3 Å². The molecular weight excluding hydrogens is 369 g/mol. The number of nitrogens with one attached hydrogen (secondary N) is 1. The van der Waals surface area contributed by atoms with Crippen LogP contribution in [0.15, 0.2) is 53.6 Å². The summed E-state index contributed by atoms with van der Waals surface area (Å²) in [5.41, 5.74) is 0.831. The molecular formula is C21H19F3N2O2. The van der Waals surface area contributed by atoms with Crippen LogP contribution in [0.1, 0.15) is 32.3 Å². The fourth-order valence-electron chi connectivity index (χ4n) is 3.10. The first kappa shape index (κ1) is 19.8. The SMILES string of the molecule is CC1=C(C)C(=O)C(Nc2cccc(-c3cccc(C(F)(F)F)c3)n2)CCC1=O. The van der Waals surface area contributed by atoms with Gasteiger partial charge in [-0.3, -0.25) is 9.59 Å². The molecule has 0 saturated carbocycles. The van der Waals surface area contributed by atoms with Crippen LogP contribution in [-0.4, -0.2) is 22.6 Å². The number of rotatable bonds is 3. The van der Waals surface area contributed by atoms with Gasteiger partial charge in [-0.25, -0.2) is 4.98 Å². The summed E-state index contributed by atoms with van der Waals surface area (Å²) in [5.74, 6) is 0.142. The third-order valence-electron chi connectivity index (χ3n) is 4.88. The minimum absolute atomic E-state index is 0.0548. The molecule has 0 saturated heterocycles. The Morgan fingerprint density at radius 3 is 2.46 bits per heavy atom. The maximum atomic E-state index is 13.0. The molecule has 1 aliphatic rings. The molecule has 1 heterocycles. The minimum atomic E-state index is -4.44. The minimum Gasteiger partial charge on any atom is -0.360 e. The highest BCUT2D eigenvalue weighted by molar-refractivity contribution is 6.10. The Morgan fingerprint density at radius 2 is 1.75 bits per heavy atom. The van der Waals surface area contributed by atoms with Crippen LogP contribution >= 0.6 is 0 Å². The Morgan fingerprint density at radius 1 is 1.04 bits per heavy atom.